The van der Waals surface area contributed by atoms with E-state index in [1.54, 1.807) is 0 Å². The second kappa shape index (κ2) is 6.80. The fourth-order valence-corrected chi connectivity index (χ4v) is 2.21. The topological polar surface area (TPSA) is 55.1 Å². The minimum absolute atomic E-state index is 0.0878. The van der Waals surface area contributed by atoms with Crippen molar-refractivity contribution in [2.75, 3.05) is 0 Å². The van der Waals surface area contributed by atoms with Crippen LogP contribution in [0.2, 0.25) is 0 Å². The molecule has 3 aromatic rings. The van der Waals surface area contributed by atoms with Crippen LogP contribution >= 0.6 is 0 Å². The zero-order chi connectivity index (χ0) is 17.9. The van der Waals surface area contributed by atoms with Crippen LogP contribution in [0.4, 0.5) is 13.2 Å². The molecule has 128 valence electrons. The van der Waals surface area contributed by atoms with E-state index in [0.29, 0.717) is 11.3 Å². The Morgan fingerprint density at radius 2 is 1.72 bits per heavy atom. The first kappa shape index (κ1) is 16.8. The zero-order valence-electron chi connectivity index (χ0n) is 12.9. The molecular formula is C18H13F3N2O2. The number of rotatable bonds is 4. The van der Waals surface area contributed by atoms with E-state index in [1.807, 2.05) is 30.3 Å². The van der Waals surface area contributed by atoms with Gasteiger partial charge in [-0.25, -0.2) is 0 Å². The van der Waals surface area contributed by atoms with Crippen molar-refractivity contribution in [2.24, 2.45) is 0 Å². The number of nitrogens with one attached hydrogen (secondary N) is 1. The lowest BCUT2D eigenvalue weighted by atomic mass is 10.1. The lowest BCUT2D eigenvalue weighted by Gasteiger charge is -2.08. The normalized spacial score (nSPS) is 11.3. The monoisotopic (exact) mass is 346 g/mol. The van der Waals surface area contributed by atoms with Gasteiger partial charge in [-0.05, 0) is 17.7 Å². The van der Waals surface area contributed by atoms with Gasteiger partial charge in [0.05, 0.1) is 5.56 Å². The van der Waals surface area contributed by atoms with E-state index in [0.717, 1.165) is 17.7 Å². The molecule has 0 spiro atoms. The van der Waals surface area contributed by atoms with Gasteiger partial charge in [-0.1, -0.05) is 47.6 Å². The van der Waals surface area contributed by atoms with Crippen molar-refractivity contribution in [3.63, 3.8) is 0 Å². The first-order valence-corrected chi connectivity index (χ1v) is 7.40. The standard InChI is InChI=1S/C18H13F3N2O2/c19-18(20,21)14-8-6-12(7-9-14)11-22-17(24)15-10-16(25-23-15)13-4-2-1-3-5-13/h1-10H,11H2,(H,22,24). The van der Waals surface area contributed by atoms with Crippen LogP contribution in [0.1, 0.15) is 21.6 Å². The summed E-state index contributed by atoms with van der Waals surface area (Å²) in [5.41, 5.74) is 0.710. The Kier molecular flexibility index (Phi) is 4.56. The number of halogens is 3. The average molecular weight is 346 g/mol. The molecule has 1 heterocycles. The Bertz CT molecular complexity index is 856. The predicted molar refractivity (Wildman–Crippen MR) is 84.6 cm³/mol. The molecule has 0 fully saturated rings. The second-order valence-corrected chi connectivity index (χ2v) is 5.32. The Labute approximate surface area is 141 Å². The van der Waals surface area contributed by atoms with Crippen LogP contribution in [0.5, 0.6) is 0 Å². The predicted octanol–water partition coefficient (Wildman–Crippen LogP) is 4.29. The van der Waals surface area contributed by atoms with E-state index in [-0.39, 0.29) is 12.2 Å². The van der Waals surface area contributed by atoms with Gasteiger partial charge in [0.1, 0.15) is 0 Å². The van der Waals surface area contributed by atoms with Crippen molar-refractivity contribution in [1.29, 1.82) is 0 Å². The Morgan fingerprint density at radius 1 is 1.04 bits per heavy atom. The van der Waals surface area contributed by atoms with Crippen molar-refractivity contribution < 1.29 is 22.5 Å². The maximum Gasteiger partial charge on any atom is 0.416 e. The molecule has 0 aliphatic heterocycles. The number of hydrogen-bond acceptors (Lipinski definition) is 3. The molecule has 1 N–H and O–H groups in total. The van der Waals surface area contributed by atoms with E-state index >= 15 is 0 Å². The van der Waals surface area contributed by atoms with Crippen LogP contribution in [0.15, 0.2) is 65.2 Å². The molecular weight excluding hydrogens is 333 g/mol. The minimum atomic E-state index is -4.38. The molecule has 7 heteroatoms. The number of benzene rings is 2. The maximum absolute atomic E-state index is 12.5. The Balaban J connectivity index is 1.62. The van der Waals surface area contributed by atoms with Gasteiger partial charge in [-0.15, -0.1) is 0 Å². The number of amides is 1. The summed E-state index contributed by atoms with van der Waals surface area (Å²) in [7, 11) is 0. The molecule has 0 radical (unpaired) electrons. The zero-order valence-corrected chi connectivity index (χ0v) is 12.9. The van der Waals surface area contributed by atoms with E-state index in [1.165, 1.54) is 18.2 Å². The molecule has 0 unspecified atom stereocenters. The molecule has 4 nitrogen and oxygen atoms in total. The first-order valence-electron chi connectivity index (χ1n) is 7.40. The molecule has 0 saturated carbocycles. The van der Waals surface area contributed by atoms with Crippen LogP contribution in [0.25, 0.3) is 11.3 Å². The highest BCUT2D eigenvalue weighted by molar-refractivity contribution is 5.93. The van der Waals surface area contributed by atoms with Gasteiger partial charge >= 0.3 is 6.18 Å². The fourth-order valence-electron chi connectivity index (χ4n) is 2.21. The molecule has 2 aromatic carbocycles. The molecule has 0 aliphatic rings. The number of nitrogens with zero attached hydrogens (tertiary/aromatic N) is 1. The first-order chi connectivity index (χ1) is 11.9. The highest BCUT2D eigenvalue weighted by Crippen LogP contribution is 2.29. The molecule has 0 atom stereocenters. The molecule has 0 aliphatic carbocycles. The fraction of sp³-hybridized carbons (Fsp3) is 0.111. The summed E-state index contributed by atoms with van der Waals surface area (Å²) in [4.78, 5) is 12.1. The summed E-state index contributed by atoms with van der Waals surface area (Å²) < 4.78 is 42.7. The van der Waals surface area contributed by atoms with Crippen LogP contribution in [0.3, 0.4) is 0 Å². The smallest absolute Gasteiger partial charge is 0.355 e. The molecule has 0 saturated heterocycles. The van der Waals surface area contributed by atoms with Crippen molar-refractivity contribution in [3.05, 3.63) is 77.5 Å². The Morgan fingerprint density at radius 3 is 2.36 bits per heavy atom. The molecule has 1 amide bonds. The molecule has 25 heavy (non-hydrogen) atoms. The quantitative estimate of drug-likeness (QED) is 0.767. The minimum Gasteiger partial charge on any atom is -0.355 e. The van der Waals surface area contributed by atoms with E-state index in [4.69, 9.17) is 4.52 Å². The van der Waals surface area contributed by atoms with E-state index < -0.39 is 17.6 Å². The molecule has 0 bridgehead atoms. The number of alkyl halides is 3. The van der Waals surface area contributed by atoms with E-state index in [9.17, 15) is 18.0 Å². The van der Waals surface area contributed by atoms with Gasteiger partial charge in [0.2, 0.25) is 0 Å². The summed E-state index contributed by atoms with van der Waals surface area (Å²) in [5, 5.41) is 6.31. The average Bonchev–Trinajstić information content (AvgIpc) is 3.10. The highest BCUT2D eigenvalue weighted by atomic mass is 19.4. The highest BCUT2D eigenvalue weighted by Gasteiger charge is 2.29. The molecule has 3 rings (SSSR count). The van der Waals surface area contributed by atoms with Crippen LogP contribution in [0, 0.1) is 0 Å². The third-order valence-corrected chi connectivity index (χ3v) is 3.54. The third kappa shape index (κ3) is 4.06. The van der Waals surface area contributed by atoms with Crippen LogP contribution in [-0.2, 0) is 12.7 Å². The third-order valence-electron chi connectivity index (χ3n) is 3.54. The summed E-state index contributed by atoms with van der Waals surface area (Å²) in [6, 6.07) is 15.3. The number of aromatic nitrogens is 1. The second-order valence-electron chi connectivity index (χ2n) is 5.32. The van der Waals surface area contributed by atoms with Crippen molar-refractivity contribution >= 4 is 5.91 Å². The lowest BCUT2D eigenvalue weighted by molar-refractivity contribution is -0.137. The van der Waals surface area contributed by atoms with Gasteiger partial charge in [0.25, 0.3) is 5.91 Å². The van der Waals surface area contributed by atoms with Gasteiger partial charge in [-0.2, -0.15) is 13.2 Å². The Hall–Kier alpha value is -3.09. The van der Waals surface area contributed by atoms with Gasteiger partial charge in [-0.3, -0.25) is 4.79 Å². The van der Waals surface area contributed by atoms with Crippen LogP contribution in [-0.4, -0.2) is 11.1 Å². The summed E-state index contributed by atoms with van der Waals surface area (Å²) in [6.07, 6.45) is -4.38. The van der Waals surface area contributed by atoms with E-state index in [2.05, 4.69) is 10.5 Å². The summed E-state index contributed by atoms with van der Waals surface area (Å²) in [6.45, 7) is 0.0878. The van der Waals surface area contributed by atoms with Gasteiger partial charge in [0.15, 0.2) is 11.5 Å². The van der Waals surface area contributed by atoms with Crippen molar-refractivity contribution in [2.45, 2.75) is 12.7 Å². The van der Waals surface area contributed by atoms with Crippen molar-refractivity contribution in [1.82, 2.24) is 10.5 Å². The number of hydrogen-bond donors (Lipinski definition) is 1. The molecule has 1 aromatic heterocycles. The maximum atomic E-state index is 12.5. The number of carbonyl (C=O) groups is 1. The van der Waals surface area contributed by atoms with Crippen molar-refractivity contribution in [3.8, 4) is 11.3 Å². The summed E-state index contributed by atoms with van der Waals surface area (Å²) in [5.74, 6) is -0.00823. The van der Waals surface area contributed by atoms with Gasteiger partial charge < -0.3 is 9.84 Å². The number of carbonyl (C=O) groups excluding carboxylic acids is 1. The summed E-state index contributed by atoms with van der Waals surface area (Å²) >= 11 is 0. The van der Waals surface area contributed by atoms with Crippen LogP contribution < -0.4 is 5.32 Å². The lowest BCUT2D eigenvalue weighted by Crippen LogP contribution is -2.23. The SMILES string of the molecule is O=C(NCc1ccc(C(F)(F)F)cc1)c1cc(-c2ccccc2)on1. The largest absolute Gasteiger partial charge is 0.416 e. The van der Waals surface area contributed by atoms with Gasteiger partial charge in [0, 0.05) is 18.2 Å².